The third kappa shape index (κ3) is 5.08. The van der Waals surface area contributed by atoms with Gasteiger partial charge in [-0.15, -0.1) is 5.10 Å². The van der Waals surface area contributed by atoms with E-state index < -0.39 is 10.0 Å². The van der Waals surface area contributed by atoms with Crippen LogP contribution in [-0.4, -0.2) is 23.2 Å². The second-order valence-corrected chi connectivity index (χ2v) is 8.79. The monoisotopic (exact) mass is 404 g/mol. The quantitative estimate of drug-likeness (QED) is 0.646. The van der Waals surface area contributed by atoms with Gasteiger partial charge in [0.05, 0.1) is 11.4 Å². The van der Waals surface area contributed by atoms with Crippen molar-refractivity contribution in [2.45, 2.75) is 31.7 Å². The lowest BCUT2D eigenvalue weighted by molar-refractivity contribution is 0.600. The molecule has 1 aromatic heterocycles. The summed E-state index contributed by atoms with van der Waals surface area (Å²) in [6.45, 7) is 4.64. The van der Waals surface area contributed by atoms with Crippen molar-refractivity contribution in [2.75, 3.05) is 4.72 Å². The molecular weight excluding hydrogens is 384 g/mol. The van der Waals surface area contributed by atoms with Crippen molar-refractivity contribution in [3.05, 3.63) is 71.0 Å². The molecule has 0 unspecified atom stereocenters. The van der Waals surface area contributed by atoms with Crippen LogP contribution in [0.2, 0.25) is 5.02 Å². The normalized spacial score (nSPS) is 11.7. The van der Waals surface area contributed by atoms with Gasteiger partial charge in [-0.1, -0.05) is 55.8 Å². The van der Waals surface area contributed by atoms with Gasteiger partial charge in [0.2, 0.25) is 0 Å². The van der Waals surface area contributed by atoms with Gasteiger partial charge in [-0.05, 0) is 41.7 Å². The van der Waals surface area contributed by atoms with Crippen LogP contribution >= 0.6 is 11.6 Å². The average Bonchev–Trinajstić information content (AvgIpc) is 3.03. The Kier molecular flexibility index (Phi) is 5.82. The number of halogens is 1. The van der Waals surface area contributed by atoms with E-state index in [0.29, 0.717) is 17.5 Å². The van der Waals surface area contributed by atoms with E-state index in [1.165, 1.54) is 11.0 Å². The predicted octanol–water partition coefficient (Wildman–Crippen LogP) is 3.98. The molecule has 3 rings (SSSR count). The molecule has 0 saturated heterocycles. The van der Waals surface area contributed by atoms with Gasteiger partial charge >= 0.3 is 0 Å². The van der Waals surface area contributed by atoms with Crippen molar-refractivity contribution < 1.29 is 8.42 Å². The third-order valence-electron chi connectivity index (χ3n) is 3.93. The molecule has 0 bridgehead atoms. The maximum Gasteiger partial charge on any atom is 0.264 e. The average molecular weight is 405 g/mol. The fourth-order valence-corrected chi connectivity index (χ4v) is 3.82. The van der Waals surface area contributed by atoms with E-state index in [9.17, 15) is 8.42 Å². The predicted molar refractivity (Wildman–Crippen MR) is 106 cm³/mol. The van der Waals surface area contributed by atoms with Gasteiger partial charge in [0.1, 0.15) is 6.33 Å². The maximum absolute atomic E-state index is 12.5. The highest BCUT2D eigenvalue weighted by Crippen LogP contribution is 2.18. The van der Waals surface area contributed by atoms with E-state index in [-0.39, 0.29) is 10.8 Å². The highest BCUT2D eigenvalue weighted by atomic mass is 35.5. The Hall–Kier alpha value is -2.38. The summed E-state index contributed by atoms with van der Waals surface area (Å²) in [6, 6.07) is 14.3. The summed E-state index contributed by atoms with van der Waals surface area (Å²) in [6.07, 6.45) is 2.37. The topological polar surface area (TPSA) is 76.9 Å². The minimum atomic E-state index is -3.74. The van der Waals surface area contributed by atoms with E-state index in [1.807, 2.05) is 30.3 Å². The number of hydrogen-bond acceptors (Lipinski definition) is 4. The van der Waals surface area contributed by atoms with E-state index in [0.717, 1.165) is 17.5 Å². The smallest absolute Gasteiger partial charge is 0.246 e. The zero-order chi connectivity index (χ0) is 19.4. The van der Waals surface area contributed by atoms with E-state index in [1.54, 1.807) is 18.2 Å². The largest absolute Gasteiger partial charge is 0.264 e. The van der Waals surface area contributed by atoms with Crippen LogP contribution in [0.5, 0.6) is 0 Å². The molecule has 0 fully saturated rings. The van der Waals surface area contributed by atoms with Crippen LogP contribution in [-0.2, 0) is 23.0 Å². The number of nitrogens with zero attached hydrogens (tertiary/aromatic N) is 3. The van der Waals surface area contributed by atoms with E-state index in [2.05, 4.69) is 28.7 Å². The highest BCUT2D eigenvalue weighted by molar-refractivity contribution is 7.92. The minimum absolute atomic E-state index is 0.0216. The molecule has 3 aromatic rings. The molecule has 0 aliphatic rings. The van der Waals surface area contributed by atoms with Crippen LogP contribution in [0, 0.1) is 5.92 Å². The fraction of sp³-hybridized carbons (Fsp3) is 0.263. The second kappa shape index (κ2) is 8.10. The standard InChI is InChI=1S/C19H21ClN4O2S/c1-14(2)11-15-7-9-17(10-8-15)27(25,26)23-19-21-13-24(22-19)12-16-5-3-4-6-18(16)20/h3-10,13-14H,11-12H2,1-2H3,(H,22,23). The molecule has 8 heteroatoms. The molecule has 0 aliphatic heterocycles. The summed E-state index contributed by atoms with van der Waals surface area (Å²) in [5.74, 6) is 0.533. The lowest BCUT2D eigenvalue weighted by Crippen LogP contribution is -2.14. The first-order valence-corrected chi connectivity index (χ1v) is 10.4. The summed E-state index contributed by atoms with van der Waals surface area (Å²) in [5.41, 5.74) is 1.98. The first-order chi connectivity index (χ1) is 12.8. The number of aromatic nitrogens is 3. The molecule has 0 saturated carbocycles. The van der Waals surface area contributed by atoms with Gasteiger partial charge in [-0.25, -0.2) is 17.8 Å². The van der Waals surface area contributed by atoms with Gasteiger partial charge < -0.3 is 0 Å². The number of anilines is 1. The Morgan fingerprint density at radius 3 is 2.48 bits per heavy atom. The molecule has 6 nitrogen and oxygen atoms in total. The van der Waals surface area contributed by atoms with Crippen LogP contribution in [0.1, 0.15) is 25.0 Å². The summed E-state index contributed by atoms with van der Waals surface area (Å²) in [5, 5.41) is 4.79. The molecule has 0 spiro atoms. The molecule has 0 amide bonds. The first kappa shape index (κ1) is 19.4. The molecule has 27 heavy (non-hydrogen) atoms. The lowest BCUT2D eigenvalue weighted by atomic mass is 10.0. The van der Waals surface area contributed by atoms with Crippen molar-refractivity contribution in [2.24, 2.45) is 5.92 Å². The third-order valence-corrected chi connectivity index (χ3v) is 5.64. The van der Waals surface area contributed by atoms with Gasteiger partial charge in [0, 0.05) is 5.02 Å². The van der Waals surface area contributed by atoms with Crippen LogP contribution in [0.3, 0.4) is 0 Å². The van der Waals surface area contributed by atoms with Crippen molar-refractivity contribution in [3.63, 3.8) is 0 Å². The van der Waals surface area contributed by atoms with Gasteiger partial charge in [-0.3, -0.25) is 0 Å². The van der Waals surface area contributed by atoms with E-state index >= 15 is 0 Å². The minimum Gasteiger partial charge on any atom is -0.246 e. The van der Waals surface area contributed by atoms with Crippen LogP contribution in [0.4, 0.5) is 5.95 Å². The van der Waals surface area contributed by atoms with Crippen molar-refractivity contribution >= 4 is 27.6 Å². The Morgan fingerprint density at radius 2 is 1.81 bits per heavy atom. The zero-order valence-electron chi connectivity index (χ0n) is 15.1. The molecule has 142 valence electrons. The molecule has 2 aromatic carbocycles. The number of sulfonamides is 1. The molecule has 1 N–H and O–H groups in total. The molecule has 0 radical (unpaired) electrons. The first-order valence-electron chi connectivity index (χ1n) is 8.58. The molecule has 1 heterocycles. The number of hydrogen-bond donors (Lipinski definition) is 1. The Morgan fingerprint density at radius 1 is 1.11 bits per heavy atom. The van der Waals surface area contributed by atoms with Crippen LogP contribution in [0.15, 0.2) is 59.8 Å². The SMILES string of the molecule is CC(C)Cc1ccc(S(=O)(=O)Nc2ncn(Cc3ccccc3Cl)n2)cc1. The fourth-order valence-electron chi connectivity index (χ4n) is 2.67. The van der Waals surface area contributed by atoms with E-state index in [4.69, 9.17) is 11.6 Å². The Bertz CT molecular complexity index is 1010. The molecule has 0 aliphatic carbocycles. The number of nitrogens with one attached hydrogen (secondary N) is 1. The second-order valence-electron chi connectivity index (χ2n) is 6.70. The van der Waals surface area contributed by atoms with Crippen molar-refractivity contribution in [1.29, 1.82) is 0 Å². The summed E-state index contributed by atoms with van der Waals surface area (Å²) in [4.78, 5) is 4.21. The van der Waals surface area contributed by atoms with Crippen molar-refractivity contribution in [3.8, 4) is 0 Å². The number of benzene rings is 2. The Labute approximate surface area is 164 Å². The molecule has 0 atom stereocenters. The lowest BCUT2D eigenvalue weighted by Gasteiger charge is -2.08. The Balaban J connectivity index is 1.71. The summed E-state index contributed by atoms with van der Waals surface area (Å²) in [7, 11) is -3.74. The molecular formula is C19H21ClN4O2S. The van der Waals surface area contributed by atoms with Crippen molar-refractivity contribution in [1.82, 2.24) is 14.8 Å². The highest BCUT2D eigenvalue weighted by Gasteiger charge is 2.16. The zero-order valence-corrected chi connectivity index (χ0v) is 16.7. The maximum atomic E-state index is 12.5. The van der Waals surface area contributed by atoms with Crippen LogP contribution in [0.25, 0.3) is 0 Å². The van der Waals surface area contributed by atoms with Gasteiger partial charge in [0.25, 0.3) is 16.0 Å². The summed E-state index contributed by atoms with van der Waals surface area (Å²) >= 11 is 6.14. The van der Waals surface area contributed by atoms with Crippen LogP contribution < -0.4 is 4.72 Å². The van der Waals surface area contributed by atoms with Gasteiger partial charge in [0.15, 0.2) is 0 Å². The number of rotatable bonds is 7. The van der Waals surface area contributed by atoms with Gasteiger partial charge in [-0.2, -0.15) is 4.98 Å². The summed E-state index contributed by atoms with van der Waals surface area (Å²) < 4.78 is 29.0.